The molecule has 0 aliphatic carbocycles. The van der Waals surface area contributed by atoms with Crippen LogP contribution in [0.1, 0.15) is 18.5 Å². The van der Waals surface area contributed by atoms with E-state index < -0.39 is 0 Å². The summed E-state index contributed by atoms with van der Waals surface area (Å²) >= 11 is 3.45. The molecule has 0 saturated carbocycles. The highest BCUT2D eigenvalue weighted by molar-refractivity contribution is 9.10. The number of nitrogens with zero attached hydrogens (tertiary/aromatic N) is 2. The number of nitrogens with one attached hydrogen (secondary N) is 1. The van der Waals surface area contributed by atoms with Gasteiger partial charge in [-0.15, -0.1) is 0 Å². The van der Waals surface area contributed by atoms with Gasteiger partial charge in [0.05, 0.1) is 0 Å². The average molecular weight is 293 g/mol. The Morgan fingerprint density at radius 3 is 2.82 bits per heavy atom. The lowest BCUT2D eigenvalue weighted by molar-refractivity contribution is 0.871. The number of aromatic nitrogens is 2. The number of anilines is 2. The van der Waals surface area contributed by atoms with Gasteiger partial charge in [0.25, 0.3) is 0 Å². The van der Waals surface area contributed by atoms with Gasteiger partial charge in [-0.05, 0) is 24.6 Å². The summed E-state index contributed by atoms with van der Waals surface area (Å²) in [4.78, 5) is 7.97. The van der Waals surface area contributed by atoms with E-state index in [1.807, 2.05) is 12.1 Å². The molecular weight excluding hydrogens is 280 g/mol. The van der Waals surface area contributed by atoms with Gasteiger partial charge in [-0.2, -0.15) is 0 Å². The molecule has 0 saturated heterocycles. The standard InChI is InChI=1S/C12H13BrN4/c1-8(9-3-2-4-10(13)5-9)17-12-6-11(14)15-7-16-12/h2-8H,1H3,(H3,14,15,16,17). The zero-order chi connectivity index (χ0) is 12.3. The third kappa shape index (κ3) is 3.17. The number of benzene rings is 1. The maximum atomic E-state index is 5.60. The summed E-state index contributed by atoms with van der Waals surface area (Å²) in [6, 6.07) is 10.0. The molecule has 0 aliphatic heterocycles. The molecule has 17 heavy (non-hydrogen) atoms. The SMILES string of the molecule is CC(Nc1cc(N)ncn1)c1cccc(Br)c1. The number of hydrogen-bond acceptors (Lipinski definition) is 4. The molecule has 5 heteroatoms. The average Bonchev–Trinajstić information content (AvgIpc) is 2.29. The number of hydrogen-bond donors (Lipinski definition) is 2. The minimum Gasteiger partial charge on any atom is -0.384 e. The van der Waals surface area contributed by atoms with Crippen molar-refractivity contribution >= 4 is 27.6 Å². The molecule has 0 radical (unpaired) electrons. The van der Waals surface area contributed by atoms with E-state index in [-0.39, 0.29) is 6.04 Å². The molecule has 0 fully saturated rings. The molecule has 1 unspecified atom stereocenters. The molecule has 1 aromatic heterocycles. The number of rotatable bonds is 3. The van der Waals surface area contributed by atoms with Crippen molar-refractivity contribution in [3.63, 3.8) is 0 Å². The Labute approximate surface area is 108 Å². The lowest BCUT2D eigenvalue weighted by Gasteiger charge is -2.15. The van der Waals surface area contributed by atoms with Crippen LogP contribution in [0.3, 0.4) is 0 Å². The fourth-order valence-electron chi connectivity index (χ4n) is 1.53. The predicted molar refractivity (Wildman–Crippen MR) is 72.6 cm³/mol. The van der Waals surface area contributed by atoms with Gasteiger partial charge in [0.2, 0.25) is 0 Å². The van der Waals surface area contributed by atoms with Crippen LogP contribution in [0, 0.1) is 0 Å². The van der Waals surface area contributed by atoms with Crippen LogP contribution < -0.4 is 11.1 Å². The molecule has 1 atom stereocenters. The molecule has 1 heterocycles. The highest BCUT2D eigenvalue weighted by Crippen LogP contribution is 2.21. The summed E-state index contributed by atoms with van der Waals surface area (Å²) < 4.78 is 1.06. The molecule has 0 aliphatic rings. The summed E-state index contributed by atoms with van der Waals surface area (Å²) in [7, 11) is 0. The Balaban J connectivity index is 2.14. The van der Waals surface area contributed by atoms with E-state index in [4.69, 9.17) is 5.73 Å². The molecular formula is C12H13BrN4. The van der Waals surface area contributed by atoms with E-state index >= 15 is 0 Å². The summed E-state index contributed by atoms with van der Waals surface area (Å²) in [6.45, 7) is 2.07. The van der Waals surface area contributed by atoms with E-state index in [1.54, 1.807) is 6.07 Å². The summed E-state index contributed by atoms with van der Waals surface area (Å²) in [5.74, 6) is 1.19. The molecule has 0 spiro atoms. The van der Waals surface area contributed by atoms with Crippen molar-refractivity contribution < 1.29 is 0 Å². The Kier molecular flexibility index (Phi) is 3.58. The number of nitrogen functional groups attached to an aromatic ring is 1. The summed E-state index contributed by atoms with van der Waals surface area (Å²) in [6.07, 6.45) is 1.45. The highest BCUT2D eigenvalue weighted by atomic mass is 79.9. The minimum atomic E-state index is 0.154. The smallest absolute Gasteiger partial charge is 0.131 e. The summed E-state index contributed by atoms with van der Waals surface area (Å²) in [5.41, 5.74) is 6.78. The van der Waals surface area contributed by atoms with Crippen LogP contribution >= 0.6 is 15.9 Å². The Morgan fingerprint density at radius 1 is 1.29 bits per heavy atom. The van der Waals surface area contributed by atoms with Crippen LogP contribution in [0.25, 0.3) is 0 Å². The van der Waals surface area contributed by atoms with Crippen LogP contribution in [0.15, 0.2) is 41.1 Å². The van der Waals surface area contributed by atoms with Crippen molar-refractivity contribution in [1.82, 2.24) is 9.97 Å². The van der Waals surface area contributed by atoms with Crippen LogP contribution in [-0.4, -0.2) is 9.97 Å². The molecule has 88 valence electrons. The van der Waals surface area contributed by atoms with Crippen LogP contribution in [0.4, 0.5) is 11.6 Å². The summed E-state index contributed by atoms with van der Waals surface area (Å²) in [5, 5.41) is 3.27. The molecule has 2 aromatic rings. The first-order valence-electron chi connectivity index (χ1n) is 5.24. The fourth-order valence-corrected chi connectivity index (χ4v) is 1.95. The van der Waals surface area contributed by atoms with Gasteiger partial charge in [0.15, 0.2) is 0 Å². The number of nitrogens with two attached hydrogens (primary N) is 1. The first-order valence-corrected chi connectivity index (χ1v) is 6.04. The third-order valence-electron chi connectivity index (χ3n) is 2.40. The first kappa shape index (κ1) is 11.9. The van der Waals surface area contributed by atoms with Crippen molar-refractivity contribution in [3.8, 4) is 0 Å². The lowest BCUT2D eigenvalue weighted by Crippen LogP contribution is -2.08. The zero-order valence-electron chi connectivity index (χ0n) is 9.39. The lowest BCUT2D eigenvalue weighted by atomic mass is 10.1. The van der Waals surface area contributed by atoms with E-state index in [2.05, 4.69) is 50.3 Å². The zero-order valence-corrected chi connectivity index (χ0v) is 11.0. The number of halogens is 1. The van der Waals surface area contributed by atoms with Crippen molar-refractivity contribution in [2.45, 2.75) is 13.0 Å². The monoisotopic (exact) mass is 292 g/mol. The second kappa shape index (κ2) is 5.14. The minimum absolute atomic E-state index is 0.154. The molecule has 0 bridgehead atoms. The Morgan fingerprint density at radius 2 is 2.12 bits per heavy atom. The van der Waals surface area contributed by atoms with Gasteiger partial charge in [0, 0.05) is 16.6 Å². The Hall–Kier alpha value is -1.62. The van der Waals surface area contributed by atoms with Gasteiger partial charge in [-0.25, -0.2) is 9.97 Å². The highest BCUT2D eigenvalue weighted by Gasteiger charge is 2.06. The van der Waals surface area contributed by atoms with E-state index in [0.717, 1.165) is 10.3 Å². The van der Waals surface area contributed by atoms with Gasteiger partial charge >= 0.3 is 0 Å². The topological polar surface area (TPSA) is 63.8 Å². The second-order valence-electron chi connectivity index (χ2n) is 3.75. The van der Waals surface area contributed by atoms with Crippen molar-refractivity contribution in [2.75, 3.05) is 11.1 Å². The van der Waals surface area contributed by atoms with Crippen molar-refractivity contribution in [3.05, 3.63) is 46.7 Å². The Bertz CT molecular complexity index is 515. The maximum absolute atomic E-state index is 5.60. The molecule has 2 rings (SSSR count). The first-order chi connectivity index (χ1) is 8.15. The second-order valence-corrected chi connectivity index (χ2v) is 4.66. The van der Waals surface area contributed by atoms with Crippen molar-refractivity contribution in [1.29, 1.82) is 0 Å². The van der Waals surface area contributed by atoms with Gasteiger partial charge < -0.3 is 11.1 Å². The van der Waals surface area contributed by atoms with Crippen LogP contribution in [-0.2, 0) is 0 Å². The predicted octanol–water partition coefficient (Wildman–Crippen LogP) is 2.99. The maximum Gasteiger partial charge on any atom is 0.131 e. The molecule has 4 nitrogen and oxygen atoms in total. The van der Waals surface area contributed by atoms with Crippen LogP contribution in [0.5, 0.6) is 0 Å². The van der Waals surface area contributed by atoms with Gasteiger partial charge in [-0.3, -0.25) is 0 Å². The van der Waals surface area contributed by atoms with E-state index in [1.165, 1.54) is 11.9 Å². The fraction of sp³-hybridized carbons (Fsp3) is 0.167. The van der Waals surface area contributed by atoms with E-state index in [9.17, 15) is 0 Å². The van der Waals surface area contributed by atoms with Gasteiger partial charge in [-0.1, -0.05) is 28.1 Å². The molecule has 3 N–H and O–H groups in total. The normalized spacial score (nSPS) is 12.1. The van der Waals surface area contributed by atoms with Crippen molar-refractivity contribution in [2.24, 2.45) is 0 Å². The largest absolute Gasteiger partial charge is 0.384 e. The quantitative estimate of drug-likeness (QED) is 0.913. The molecule has 1 aromatic carbocycles. The van der Waals surface area contributed by atoms with E-state index in [0.29, 0.717) is 5.82 Å². The third-order valence-corrected chi connectivity index (χ3v) is 2.89. The molecule has 0 amide bonds. The van der Waals surface area contributed by atoms with Gasteiger partial charge in [0.1, 0.15) is 18.0 Å². The van der Waals surface area contributed by atoms with Crippen LogP contribution in [0.2, 0.25) is 0 Å².